The fourth-order valence-corrected chi connectivity index (χ4v) is 2.90. The molecule has 0 amide bonds. The molecule has 1 N–H and O–H groups in total. The van der Waals surface area contributed by atoms with Gasteiger partial charge in [0.15, 0.2) is 0 Å². The van der Waals surface area contributed by atoms with E-state index < -0.39 is 0 Å². The Hall–Kier alpha value is -1.26. The van der Waals surface area contributed by atoms with Crippen LogP contribution in [0.15, 0.2) is 24.3 Å². The summed E-state index contributed by atoms with van der Waals surface area (Å²) in [4.78, 5) is 0. The zero-order valence-corrected chi connectivity index (χ0v) is 14.4. The first-order valence-electron chi connectivity index (χ1n) is 7.53. The molecule has 0 bridgehead atoms. The van der Waals surface area contributed by atoms with E-state index in [4.69, 9.17) is 0 Å². The van der Waals surface area contributed by atoms with Gasteiger partial charge in [-0.3, -0.25) is 0 Å². The first kappa shape index (κ1) is 16.1. The second-order valence-corrected chi connectivity index (χ2v) is 7.75. The predicted molar refractivity (Wildman–Crippen MR) is 90.9 cm³/mol. The second-order valence-electron chi connectivity index (χ2n) is 6.69. The van der Waals surface area contributed by atoms with E-state index >= 15 is 0 Å². The van der Waals surface area contributed by atoms with Crippen LogP contribution < -0.4 is 5.32 Å². The van der Waals surface area contributed by atoms with E-state index in [1.807, 2.05) is 0 Å². The van der Waals surface area contributed by atoms with Crippen molar-refractivity contribution in [3.8, 4) is 10.6 Å². The van der Waals surface area contributed by atoms with Crippen LogP contribution in [0.5, 0.6) is 0 Å². The van der Waals surface area contributed by atoms with Crippen LogP contribution in [0.1, 0.15) is 45.2 Å². The van der Waals surface area contributed by atoms with Gasteiger partial charge in [0, 0.05) is 24.6 Å². The van der Waals surface area contributed by atoms with Crippen LogP contribution in [-0.2, 0) is 11.8 Å². The molecule has 0 saturated heterocycles. The van der Waals surface area contributed by atoms with Crippen molar-refractivity contribution in [1.29, 1.82) is 0 Å². The summed E-state index contributed by atoms with van der Waals surface area (Å²) in [7, 11) is 0. The molecular weight excluding hydrogens is 278 g/mol. The standard InChI is InChI=1S/C17H25N3S/c1-12(2)18-11-10-15-19-20-16(21-15)13-6-8-14(9-7-13)17(3,4)5/h6-9,12,18H,10-11H2,1-5H3. The molecule has 4 heteroatoms. The van der Waals surface area contributed by atoms with Crippen LogP contribution in [0.2, 0.25) is 0 Å². The Morgan fingerprint density at radius 3 is 2.33 bits per heavy atom. The average Bonchev–Trinajstić information content (AvgIpc) is 2.86. The van der Waals surface area contributed by atoms with Crippen LogP contribution in [0.3, 0.4) is 0 Å². The first-order valence-corrected chi connectivity index (χ1v) is 8.34. The Bertz CT molecular complexity index is 564. The SMILES string of the molecule is CC(C)NCCc1nnc(-c2ccc(C(C)(C)C)cc2)s1. The highest BCUT2D eigenvalue weighted by molar-refractivity contribution is 7.14. The average molecular weight is 303 g/mol. The van der Waals surface area contributed by atoms with E-state index in [1.165, 1.54) is 5.56 Å². The molecule has 1 aromatic heterocycles. The summed E-state index contributed by atoms with van der Waals surface area (Å²) in [6.07, 6.45) is 0.940. The smallest absolute Gasteiger partial charge is 0.147 e. The maximum atomic E-state index is 4.32. The number of nitrogens with one attached hydrogen (secondary N) is 1. The molecule has 0 aliphatic heterocycles. The highest BCUT2D eigenvalue weighted by atomic mass is 32.1. The van der Waals surface area contributed by atoms with E-state index in [0.717, 1.165) is 28.5 Å². The molecule has 0 spiro atoms. The maximum Gasteiger partial charge on any atom is 0.147 e. The second kappa shape index (κ2) is 6.67. The molecular formula is C17H25N3S. The molecule has 114 valence electrons. The first-order chi connectivity index (χ1) is 9.86. The Morgan fingerprint density at radius 1 is 1.10 bits per heavy atom. The largest absolute Gasteiger partial charge is 0.314 e. The molecule has 0 fully saturated rings. The zero-order valence-electron chi connectivity index (χ0n) is 13.6. The van der Waals surface area contributed by atoms with Crippen molar-refractivity contribution in [3.05, 3.63) is 34.8 Å². The molecule has 0 aliphatic rings. The van der Waals surface area contributed by atoms with Gasteiger partial charge in [0.2, 0.25) is 0 Å². The van der Waals surface area contributed by atoms with E-state index in [1.54, 1.807) is 11.3 Å². The number of nitrogens with zero attached hydrogens (tertiary/aromatic N) is 2. The molecule has 0 saturated carbocycles. The highest BCUT2D eigenvalue weighted by Gasteiger charge is 2.14. The topological polar surface area (TPSA) is 37.8 Å². The Kier molecular flexibility index (Phi) is 5.12. The third-order valence-electron chi connectivity index (χ3n) is 3.36. The molecule has 0 atom stereocenters. The van der Waals surface area contributed by atoms with Crippen molar-refractivity contribution in [2.75, 3.05) is 6.54 Å². The zero-order chi connectivity index (χ0) is 15.5. The van der Waals surface area contributed by atoms with Gasteiger partial charge in [-0.05, 0) is 11.0 Å². The summed E-state index contributed by atoms with van der Waals surface area (Å²) in [5, 5.41) is 14.1. The summed E-state index contributed by atoms with van der Waals surface area (Å²) >= 11 is 1.69. The van der Waals surface area contributed by atoms with Crippen LogP contribution in [0.4, 0.5) is 0 Å². The molecule has 2 aromatic rings. The molecule has 0 unspecified atom stereocenters. The van der Waals surface area contributed by atoms with Gasteiger partial charge in [-0.15, -0.1) is 10.2 Å². The van der Waals surface area contributed by atoms with Gasteiger partial charge in [-0.1, -0.05) is 70.2 Å². The Balaban J connectivity index is 2.04. The predicted octanol–water partition coefficient (Wildman–Crippen LogP) is 4.04. The third-order valence-corrected chi connectivity index (χ3v) is 4.39. The molecule has 1 aromatic carbocycles. The van der Waals surface area contributed by atoms with Crippen LogP contribution in [0.25, 0.3) is 10.6 Å². The summed E-state index contributed by atoms with van der Waals surface area (Å²) in [6, 6.07) is 9.20. The fraction of sp³-hybridized carbons (Fsp3) is 0.529. The summed E-state index contributed by atoms with van der Waals surface area (Å²) in [5.74, 6) is 0. The van der Waals surface area contributed by atoms with Gasteiger partial charge < -0.3 is 5.32 Å². The summed E-state index contributed by atoms with van der Waals surface area (Å²) in [5.41, 5.74) is 2.69. The van der Waals surface area contributed by atoms with Crippen molar-refractivity contribution in [2.45, 2.75) is 52.5 Å². The lowest BCUT2D eigenvalue weighted by molar-refractivity contribution is 0.588. The molecule has 21 heavy (non-hydrogen) atoms. The third kappa shape index (κ3) is 4.61. The lowest BCUT2D eigenvalue weighted by atomic mass is 9.87. The van der Waals surface area contributed by atoms with Gasteiger partial charge in [-0.2, -0.15) is 0 Å². The number of aromatic nitrogens is 2. The minimum Gasteiger partial charge on any atom is -0.314 e. The van der Waals surface area contributed by atoms with Crippen molar-refractivity contribution >= 4 is 11.3 Å². The van der Waals surface area contributed by atoms with Gasteiger partial charge in [0.05, 0.1) is 0 Å². The number of hydrogen-bond acceptors (Lipinski definition) is 4. The quantitative estimate of drug-likeness (QED) is 0.905. The minimum atomic E-state index is 0.188. The van der Waals surface area contributed by atoms with Crippen molar-refractivity contribution in [1.82, 2.24) is 15.5 Å². The summed E-state index contributed by atoms with van der Waals surface area (Å²) in [6.45, 7) is 12.0. The van der Waals surface area contributed by atoms with Crippen molar-refractivity contribution in [2.24, 2.45) is 0 Å². The minimum absolute atomic E-state index is 0.188. The Labute approximate surface area is 131 Å². The van der Waals surface area contributed by atoms with E-state index in [0.29, 0.717) is 6.04 Å². The van der Waals surface area contributed by atoms with Gasteiger partial charge in [0.1, 0.15) is 10.0 Å². The Morgan fingerprint density at radius 2 is 1.76 bits per heavy atom. The molecule has 3 nitrogen and oxygen atoms in total. The van der Waals surface area contributed by atoms with Crippen molar-refractivity contribution < 1.29 is 0 Å². The normalized spacial score (nSPS) is 12.1. The van der Waals surface area contributed by atoms with Crippen LogP contribution in [-0.4, -0.2) is 22.8 Å². The molecule has 0 aliphatic carbocycles. The fourth-order valence-electron chi connectivity index (χ4n) is 2.05. The monoisotopic (exact) mass is 303 g/mol. The number of benzene rings is 1. The van der Waals surface area contributed by atoms with Crippen molar-refractivity contribution in [3.63, 3.8) is 0 Å². The molecule has 2 rings (SSSR count). The van der Waals surface area contributed by atoms with Crippen LogP contribution >= 0.6 is 11.3 Å². The van der Waals surface area contributed by atoms with Gasteiger partial charge >= 0.3 is 0 Å². The van der Waals surface area contributed by atoms with E-state index in [-0.39, 0.29) is 5.41 Å². The highest BCUT2D eigenvalue weighted by Crippen LogP contribution is 2.27. The summed E-state index contributed by atoms with van der Waals surface area (Å²) < 4.78 is 0. The lowest BCUT2D eigenvalue weighted by Crippen LogP contribution is -2.24. The number of rotatable bonds is 5. The molecule has 1 heterocycles. The number of hydrogen-bond donors (Lipinski definition) is 1. The van der Waals surface area contributed by atoms with Crippen LogP contribution in [0, 0.1) is 0 Å². The lowest BCUT2D eigenvalue weighted by Gasteiger charge is -2.18. The molecule has 0 radical (unpaired) electrons. The van der Waals surface area contributed by atoms with E-state index in [9.17, 15) is 0 Å². The van der Waals surface area contributed by atoms with Gasteiger partial charge in [0.25, 0.3) is 0 Å². The van der Waals surface area contributed by atoms with Gasteiger partial charge in [-0.25, -0.2) is 0 Å². The van der Waals surface area contributed by atoms with E-state index in [2.05, 4.69) is 74.4 Å². The maximum absolute atomic E-state index is 4.32.